The number of aryl methyl sites for hydroxylation is 1. The Balaban J connectivity index is 1.76. The molecule has 6 heteroatoms. The maximum absolute atomic E-state index is 13.0. The molecule has 2 aromatic carbocycles. The van der Waals surface area contributed by atoms with Crippen molar-refractivity contribution in [2.45, 2.75) is 25.2 Å². The summed E-state index contributed by atoms with van der Waals surface area (Å²) in [6.45, 7) is 6.82. The normalized spacial score (nSPS) is 10.6. The monoisotopic (exact) mass is 378 g/mol. The van der Waals surface area contributed by atoms with Crippen molar-refractivity contribution in [2.75, 3.05) is 10.7 Å². The molecule has 0 aliphatic carbocycles. The van der Waals surface area contributed by atoms with Crippen molar-refractivity contribution in [1.29, 1.82) is 0 Å². The van der Waals surface area contributed by atoms with Crippen molar-refractivity contribution < 1.29 is 4.79 Å². The lowest BCUT2D eigenvalue weighted by molar-refractivity contribution is -0.116. The van der Waals surface area contributed by atoms with Crippen LogP contribution in [0.2, 0.25) is 0 Å². The summed E-state index contributed by atoms with van der Waals surface area (Å²) in [5, 5.41) is 9.01. The highest BCUT2D eigenvalue weighted by Crippen LogP contribution is 2.22. The molecule has 0 bridgehead atoms. The second kappa shape index (κ2) is 9.19. The van der Waals surface area contributed by atoms with E-state index in [2.05, 4.69) is 16.8 Å². The van der Waals surface area contributed by atoms with Gasteiger partial charge < -0.3 is 9.47 Å². The van der Waals surface area contributed by atoms with Crippen LogP contribution in [0.4, 0.5) is 5.69 Å². The van der Waals surface area contributed by atoms with E-state index in [0.717, 1.165) is 22.2 Å². The largest absolute Gasteiger partial charge is 0.307 e. The molecule has 0 atom stereocenters. The summed E-state index contributed by atoms with van der Waals surface area (Å²) in [5.74, 6) is 1.13. The first-order chi connectivity index (χ1) is 13.2. The molecule has 138 valence electrons. The highest BCUT2D eigenvalue weighted by Gasteiger charge is 2.18. The molecule has 1 aromatic heterocycles. The van der Waals surface area contributed by atoms with E-state index in [1.54, 1.807) is 6.08 Å². The van der Waals surface area contributed by atoms with Gasteiger partial charge in [-0.25, -0.2) is 0 Å². The van der Waals surface area contributed by atoms with E-state index in [0.29, 0.717) is 13.1 Å². The van der Waals surface area contributed by atoms with Crippen molar-refractivity contribution in [1.82, 2.24) is 14.8 Å². The summed E-state index contributed by atoms with van der Waals surface area (Å²) in [5.41, 5.74) is 1.97. The van der Waals surface area contributed by atoms with Gasteiger partial charge in [0.15, 0.2) is 5.16 Å². The number of anilines is 1. The standard InChI is InChI=1S/C21H22N4OS/c1-3-14-24-17(2)22-23-21(24)27-16-20(26)25(19-12-8-5-9-13-19)15-18-10-6-4-7-11-18/h3-13H,1,14-16H2,2H3. The Kier molecular flexibility index (Phi) is 6.44. The lowest BCUT2D eigenvalue weighted by atomic mass is 10.2. The number of carbonyl (C=O) groups is 1. The number of amides is 1. The molecule has 0 saturated heterocycles. The van der Waals surface area contributed by atoms with Crippen molar-refractivity contribution in [3.8, 4) is 0 Å². The molecular weight excluding hydrogens is 356 g/mol. The van der Waals surface area contributed by atoms with E-state index >= 15 is 0 Å². The number of allylic oxidation sites excluding steroid dienone is 1. The van der Waals surface area contributed by atoms with Crippen LogP contribution in [0, 0.1) is 6.92 Å². The zero-order chi connectivity index (χ0) is 19.1. The van der Waals surface area contributed by atoms with Crippen molar-refractivity contribution >= 4 is 23.4 Å². The number of nitrogens with zero attached hydrogens (tertiary/aromatic N) is 4. The Bertz CT molecular complexity index is 893. The van der Waals surface area contributed by atoms with Gasteiger partial charge >= 0.3 is 0 Å². The quantitative estimate of drug-likeness (QED) is 0.437. The van der Waals surface area contributed by atoms with Crippen molar-refractivity contribution in [3.63, 3.8) is 0 Å². The average Bonchev–Trinajstić information content (AvgIpc) is 3.06. The molecule has 1 heterocycles. The molecule has 0 radical (unpaired) electrons. The lowest BCUT2D eigenvalue weighted by Crippen LogP contribution is -2.32. The van der Waals surface area contributed by atoms with Crippen LogP contribution >= 0.6 is 11.8 Å². The van der Waals surface area contributed by atoms with Crippen LogP contribution in [0.1, 0.15) is 11.4 Å². The van der Waals surface area contributed by atoms with Gasteiger partial charge in [-0.2, -0.15) is 0 Å². The van der Waals surface area contributed by atoms with Gasteiger partial charge in [-0.1, -0.05) is 66.4 Å². The van der Waals surface area contributed by atoms with E-state index in [1.165, 1.54) is 11.8 Å². The number of para-hydroxylation sites is 1. The average molecular weight is 379 g/mol. The third-order valence-electron chi connectivity index (χ3n) is 4.09. The molecule has 0 fully saturated rings. The highest BCUT2D eigenvalue weighted by molar-refractivity contribution is 7.99. The molecule has 0 spiro atoms. The predicted octanol–water partition coefficient (Wildman–Crippen LogP) is 4.10. The number of thioether (sulfide) groups is 1. The summed E-state index contributed by atoms with van der Waals surface area (Å²) >= 11 is 1.40. The zero-order valence-corrected chi connectivity index (χ0v) is 16.1. The summed E-state index contributed by atoms with van der Waals surface area (Å²) in [7, 11) is 0. The first kappa shape index (κ1) is 18.9. The Morgan fingerprint density at radius 1 is 1.11 bits per heavy atom. The number of aromatic nitrogens is 3. The Morgan fingerprint density at radius 3 is 2.44 bits per heavy atom. The Hall–Kier alpha value is -2.86. The van der Waals surface area contributed by atoms with E-state index in [4.69, 9.17) is 0 Å². The van der Waals surface area contributed by atoms with E-state index in [9.17, 15) is 4.79 Å². The molecule has 27 heavy (non-hydrogen) atoms. The summed E-state index contributed by atoms with van der Waals surface area (Å²) < 4.78 is 1.95. The SMILES string of the molecule is C=CCn1c(C)nnc1SCC(=O)N(Cc1ccccc1)c1ccccc1. The van der Waals surface area contributed by atoms with Gasteiger partial charge in [-0.15, -0.1) is 16.8 Å². The molecule has 5 nitrogen and oxygen atoms in total. The second-order valence-corrected chi connectivity index (χ2v) is 6.96. The maximum Gasteiger partial charge on any atom is 0.237 e. The van der Waals surface area contributed by atoms with Crippen LogP contribution in [0.15, 0.2) is 78.5 Å². The molecule has 0 saturated carbocycles. The number of hydrogen-bond acceptors (Lipinski definition) is 4. The minimum atomic E-state index is 0.0286. The van der Waals surface area contributed by atoms with Gasteiger partial charge in [0, 0.05) is 12.2 Å². The minimum absolute atomic E-state index is 0.0286. The van der Waals surface area contributed by atoms with E-state index < -0.39 is 0 Å². The predicted molar refractivity (Wildman–Crippen MR) is 110 cm³/mol. The number of rotatable bonds is 8. The topological polar surface area (TPSA) is 51.0 Å². The van der Waals surface area contributed by atoms with Gasteiger partial charge in [0.05, 0.1) is 12.3 Å². The second-order valence-electron chi connectivity index (χ2n) is 6.02. The van der Waals surface area contributed by atoms with Gasteiger partial charge in [0.25, 0.3) is 0 Å². The lowest BCUT2D eigenvalue weighted by Gasteiger charge is -2.23. The third-order valence-corrected chi connectivity index (χ3v) is 5.04. The summed E-state index contributed by atoms with van der Waals surface area (Å²) in [6.07, 6.45) is 1.80. The van der Waals surface area contributed by atoms with Gasteiger partial charge in [-0.3, -0.25) is 4.79 Å². The number of benzene rings is 2. The van der Waals surface area contributed by atoms with Crippen molar-refractivity contribution in [3.05, 3.63) is 84.7 Å². The van der Waals surface area contributed by atoms with Gasteiger partial charge in [0.2, 0.25) is 5.91 Å². The molecule has 0 unspecified atom stereocenters. The van der Waals surface area contributed by atoms with Crippen molar-refractivity contribution in [2.24, 2.45) is 0 Å². The molecule has 0 aliphatic heterocycles. The van der Waals surface area contributed by atoms with Gasteiger partial charge in [0.1, 0.15) is 5.82 Å². The van der Waals surface area contributed by atoms with Crippen LogP contribution in [-0.2, 0) is 17.9 Å². The smallest absolute Gasteiger partial charge is 0.237 e. The van der Waals surface area contributed by atoms with E-state index in [-0.39, 0.29) is 11.7 Å². The Labute approximate surface area is 163 Å². The molecule has 0 N–H and O–H groups in total. The van der Waals surface area contributed by atoms with E-state index in [1.807, 2.05) is 77.1 Å². The zero-order valence-electron chi connectivity index (χ0n) is 15.3. The molecule has 0 aliphatic rings. The van der Waals surface area contributed by atoms with Crippen LogP contribution < -0.4 is 4.90 Å². The highest BCUT2D eigenvalue weighted by atomic mass is 32.2. The molecule has 3 aromatic rings. The fourth-order valence-corrected chi connectivity index (χ4v) is 3.58. The minimum Gasteiger partial charge on any atom is -0.307 e. The summed E-state index contributed by atoms with van der Waals surface area (Å²) in [4.78, 5) is 14.8. The molecule has 3 rings (SSSR count). The fourth-order valence-electron chi connectivity index (χ4n) is 2.71. The van der Waals surface area contributed by atoms with Crippen LogP contribution in [0.5, 0.6) is 0 Å². The van der Waals surface area contributed by atoms with Gasteiger partial charge in [-0.05, 0) is 24.6 Å². The fraction of sp³-hybridized carbons (Fsp3) is 0.190. The maximum atomic E-state index is 13.0. The first-order valence-corrected chi connectivity index (χ1v) is 9.70. The number of hydrogen-bond donors (Lipinski definition) is 0. The van der Waals surface area contributed by atoms with Crippen LogP contribution in [-0.4, -0.2) is 26.4 Å². The Morgan fingerprint density at radius 2 is 1.78 bits per heavy atom. The molecular formula is C21H22N4OS. The summed E-state index contributed by atoms with van der Waals surface area (Å²) in [6, 6.07) is 19.7. The van der Waals surface area contributed by atoms with Crippen LogP contribution in [0.25, 0.3) is 0 Å². The molecule has 1 amide bonds. The number of carbonyl (C=O) groups excluding carboxylic acids is 1. The first-order valence-electron chi connectivity index (χ1n) is 8.72. The van der Waals surface area contributed by atoms with Crippen LogP contribution in [0.3, 0.4) is 0 Å². The third kappa shape index (κ3) is 4.86.